The van der Waals surface area contributed by atoms with E-state index >= 15 is 0 Å². The minimum absolute atomic E-state index is 0.152. The van der Waals surface area contributed by atoms with Crippen molar-refractivity contribution >= 4 is 37.5 Å². The van der Waals surface area contributed by atoms with E-state index in [1.807, 2.05) is 0 Å². The van der Waals surface area contributed by atoms with E-state index in [9.17, 15) is 18.0 Å². The maximum absolute atomic E-state index is 12.6. The molecule has 0 radical (unpaired) electrons. The molecule has 7 heteroatoms. The molecule has 0 aliphatic heterocycles. The second-order valence-electron chi connectivity index (χ2n) is 2.84. The molecule has 0 unspecified atom stereocenters. The van der Waals surface area contributed by atoms with Crippen LogP contribution in [0.3, 0.4) is 0 Å². The number of hydrogen-bond acceptors (Lipinski definition) is 2. The fourth-order valence-corrected chi connectivity index (χ4v) is 2.65. The lowest BCUT2D eigenvalue weighted by atomic mass is 10.2. The second kappa shape index (κ2) is 3.34. The predicted octanol–water partition coefficient (Wildman–Crippen LogP) is 3.37. The molecule has 0 aliphatic carbocycles. The van der Waals surface area contributed by atoms with Gasteiger partial charge in [-0.05, 0) is 12.1 Å². The van der Waals surface area contributed by atoms with Gasteiger partial charge in [0.15, 0.2) is 0 Å². The van der Waals surface area contributed by atoms with Gasteiger partial charge in [-0.1, -0.05) is 27.3 Å². The highest BCUT2D eigenvalue weighted by Crippen LogP contribution is 2.36. The topological polar surface area (TPSA) is 32.9 Å². The lowest BCUT2D eigenvalue weighted by molar-refractivity contribution is -0.136. The highest BCUT2D eigenvalue weighted by atomic mass is 79.9. The molecule has 1 heterocycles. The van der Waals surface area contributed by atoms with E-state index in [4.69, 9.17) is 0 Å². The molecule has 0 amide bonds. The summed E-state index contributed by atoms with van der Waals surface area (Å²) in [7, 11) is 0. The van der Waals surface area contributed by atoms with Gasteiger partial charge in [0.05, 0.1) is 15.8 Å². The zero-order valence-electron chi connectivity index (χ0n) is 6.98. The lowest BCUT2D eigenvalue weighted by Crippen LogP contribution is -2.06. The molecule has 1 aromatic carbocycles. The smallest absolute Gasteiger partial charge is 0.312 e. The van der Waals surface area contributed by atoms with Crippen molar-refractivity contribution in [2.75, 3.05) is 0 Å². The Balaban J connectivity index is 2.88. The summed E-state index contributed by atoms with van der Waals surface area (Å²) in [5.74, 6) is 0. The molecule has 0 aliphatic rings. The standard InChI is InChI=1S/C8H3BrF3NOS/c9-3-1-4(8(10,11)12)6-5(2-3)15-7(14)13-6/h1-2H,(H,13,14). The maximum atomic E-state index is 12.6. The van der Waals surface area contributed by atoms with Gasteiger partial charge in [0.2, 0.25) is 0 Å². The summed E-state index contributed by atoms with van der Waals surface area (Å²) >= 11 is 3.73. The van der Waals surface area contributed by atoms with E-state index < -0.39 is 16.6 Å². The minimum Gasteiger partial charge on any atom is -0.312 e. The van der Waals surface area contributed by atoms with Crippen molar-refractivity contribution in [3.8, 4) is 0 Å². The van der Waals surface area contributed by atoms with Gasteiger partial charge >= 0.3 is 11.0 Å². The van der Waals surface area contributed by atoms with E-state index in [-0.39, 0.29) is 5.52 Å². The van der Waals surface area contributed by atoms with Crippen LogP contribution in [0.2, 0.25) is 0 Å². The van der Waals surface area contributed by atoms with Crippen LogP contribution in [0.4, 0.5) is 13.2 Å². The van der Waals surface area contributed by atoms with Crippen molar-refractivity contribution in [2.24, 2.45) is 0 Å². The maximum Gasteiger partial charge on any atom is 0.418 e. The van der Waals surface area contributed by atoms with Crippen molar-refractivity contribution in [3.63, 3.8) is 0 Å². The van der Waals surface area contributed by atoms with Gasteiger partial charge < -0.3 is 4.98 Å². The Morgan fingerprint density at radius 2 is 2.00 bits per heavy atom. The Bertz CT molecular complexity index is 571. The highest BCUT2D eigenvalue weighted by Gasteiger charge is 2.33. The molecule has 2 aromatic rings. The van der Waals surface area contributed by atoms with Crippen LogP contribution < -0.4 is 4.87 Å². The van der Waals surface area contributed by atoms with Gasteiger partial charge in [0.25, 0.3) is 0 Å². The van der Waals surface area contributed by atoms with Crippen LogP contribution in [0, 0.1) is 0 Å². The molecule has 15 heavy (non-hydrogen) atoms. The molecule has 2 rings (SSSR count). The SMILES string of the molecule is O=c1[nH]c2c(C(F)(F)F)cc(Br)cc2s1. The summed E-state index contributed by atoms with van der Waals surface area (Å²) in [6.07, 6.45) is -4.47. The van der Waals surface area contributed by atoms with Crippen molar-refractivity contribution < 1.29 is 13.2 Å². The number of hydrogen-bond donors (Lipinski definition) is 1. The monoisotopic (exact) mass is 297 g/mol. The van der Waals surface area contributed by atoms with E-state index in [1.54, 1.807) is 0 Å². The van der Waals surface area contributed by atoms with Crippen molar-refractivity contribution in [3.05, 3.63) is 31.8 Å². The molecule has 0 bridgehead atoms. The molecule has 0 spiro atoms. The first kappa shape index (κ1) is 10.7. The summed E-state index contributed by atoms with van der Waals surface area (Å²) in [4.78, 5) is 12.7. The van der Waals surface area contributed by atoms with Gasteiger partial charge in [0.1, 0.15) is 0 Å². The zero-order valence-corrected chi connectivity index (χ0v) is 9.39. The van der Waals surface area contributed by atoms with Crippen LogP contribution >= 0.6 is 27.3 Å². The lowest BCUT2D eigenvalue weighted by Gasteiger charge is -2.07. The largest absolute Gasteiger partial charge is 0.418 e. The average Bonchev–Trinajstić information content (AvgIpc) is 2.41. The van der Waals surface area contributed by atoms with Gasteiger partial charge in [-0.3, -0.25) is 4.79 Å². The molecular formula is C8H3BrF3NOS. The number of benzene rings is 1. The number of halogens is 4. The normalized spacial score (nSPS) is 12.3. The summed E-state index contributed by atoms with van der Waals surface area (Å²) in [5, 5.41) is 0. The first-order valence-electron chi connectivity index (χ1n) is 3.77. The minimum atomic E-state index is -4.47. The molecule has 0 atom stereocenters. The third-order valence-electron chi connectivity index (χ3n) is 1.80. The van der Waals surface area contributed by atoms with Gasteiger partial charge in [0, 0.05) is 4.47 Å². The van der Waals surface area contributed by atoms with Crippen LogP contribution in [-0.2, 0) is 6.18 Å². The fourth-order valence-electron chi connectivity index (χ4n) is 1.24. The summed E-state index contributed by atoms with van der Waals surface area (Å²) in [6, 6.07) is 2.43. The Labute approximate surface area is 93.9 Å². The second-order valence-corrected chi connectivity index (χ2v) is 4.77. The molecule has 80 valence electrons. The Morgan fingerprint density at radius 3 is 2.60 bits per heavy atom. The van der Waals surface area contributed by atoms with Crippen molar-refractivity contribution in [2.45, 2.75) is 6.18 Å². The van der Waals surface area contributed by atoms with Gasteiger partial charge in [-0.25, -0.2) is 0 Å². The first-order valence-corrected chi connectivity index (χ1v) is 5.38. The number of alkyl halides is 3. The quantitative estimate of drug-likeness (QED) is 0.794. The van der Waals surface area contributed by atoms with Crippen molar-refractivity contribution in [1.29, 1.82) is 0 Å². The van der Waals surface area contributed by atoms with Crippen LogP contribution in [0.25, 0.3) is 10.2 Å². The zero-order chi connectivity index (χ0) is 11.2. The first-order chi connectivity index (χ1) is 6.88. The summed E-state index contributed by atoms with van der Waals surface area (Å²) < 4.78 is 38.3. The van der Waals surface area contributed by atoms with Crippen molar-refractivity contribution in [1.82, 2.24) is 4.98 Å². The molecule has 2 nitrogen and oxygen atoms in total. The summed E-state index contributed by atoms with van der Waals surface area (Å²) in [5.41, 5.74) is -0.981. The number of nitrogens with one attached hydrogen (secondary N) is 1. The van der Waals surface area contributed by atoms with Gasteiger partial charge in [-0.15, -0.1) is 0 Å². The van der Waals surface area contributed by atoms with Crippen LogP contribution in [0.1, 0.15) is 5.56 Å². The number of fused-ring (bicyclic) bond motifs is 1. The Kier molecular flexibility index (Phi) is 2.38. The Hall–Kier alpha value is -0.820. The molecule has 0 saturated heterocycles. The average molecular weight is 298 g/mol. The molecular weight excluding hydrogens is 295 g/mol. The molecule has 0 saturated carbocycles. The molecule has 1 N–H and O–H groups in total. The molecule has 0 fully saturated rings. The van der Waals surface area contributed by atoms with E-state index in [2.05, 4.69) is 20.9 Å². The third-order valence-corrected chi connectivity index (χ3v) is 3.09. The van der Waals surface area contributed by atoms with E-state index in [0.29, 0.717) is 9.17 Å². The third kappa shape index (κ3) is 1.93. The van der Waals surface area contributed by atoms with E-state index in [1.165, 1.54) is 6.07 Å². The Morgan fingerprint density at radius 1 is 1.33 bits per heavy atom. The van der Waals surface area contributed by atoms with Crippen LogP contribution in [-0.4, -0.2) is 4.98 Å². The number of rotatable bonds is 0. The number of aromatic nitrogens is 1. The van der Waals surface area contributed by atoms with Crippen LogP contribution in [0.5, 0.6) is 0 Å². The van der Waals surface area contributed by atoms with E-state index in [0.717, 1.165) is 17.4 Å². The summed E-state index contributed by atoms with van der Waals surface area (Å²) in [6.45, 7) is 0. The number of H-pyrrole nitrogens is 1. The van der Waals surface area contributed by atoms with Gasteiger partial charge in [-0.2, -0.15) is 13.2 Å². The predicted molar refractivity (Wildman–Crippen MR) is 55.1 cm³/mol. The number of thiazole rings is 1. The highest BCUT2D eigenvalue weighted by molar-refractivity contribution is 9.10. The molecule has 1 aromatic heterocycles. The number of aromatic amines is 1. The fraction of sp³-hybridized carbons (Fsp3) is 0.125. The van der Waals surface area contributed by atoms with Crippen LogP contribution in [0.15, 0.2) is 21.4 Å².